The summed E-state index contributed by atoms with van der Waals surface area (Å²) >= 11 is 0. The molecule has 6 nitrogen and oxygen atoms in total. The van der Waals surface area contributed by atoms with Gasteiger partial charge < -0.3 is 19.0 Å². The predicted octanol–water partition coefficient (Wildman–Crippen LogP) is 2.02. The third-order valence-corrected chi connectivity index (χ3v) is 5.24. The molecule has 1 aromatic heterocycles. The third kappa shape index (κ3) is 3.80. The van der Waals surface area contributed by atoms with Crippen LogP contribution in [0.3, 0.4) is 0 Å². The molecule has 2 aliphatic rings. The number of rotatable bonds is 4. The Morgan fingerprint density at radius 1 is 1.17 bits per heavy atom. The van der Waals surface area contributed by atoms with Crippen molar-refractivity contribution < 1.29 is 18.7 Å². The highest BCUT2D eigenvalue weighted by atomic mass is 16.5. The van der Waals surface area contributed by atoms with Crippen LogP contribution >= 0.6 is 0 Å². The maximum absolute atomic E-state index is 12.5. The molecule has 0 saturated carbocycles. The van der Waals surface area contributed by atoms with Gasteiger partial charge in [0.1, 0.15) is 0 Å². The summed E-state index contributed by atoms with van der Waals surface area (Å²) in [5, 5.41) is 0. The fourth-order valence-corrected chi connectivity index (χ4v) is 3.72. The number of hydrogen-bond acceptors (Lipinski definition) is 4. The molecule has 24 heavy (non-hydrogen) atoms. The van der Waals surface area contributed by atoms with Crippen molar-refractivity contribution in [1.82, 2.24) is 9.80 Å². The molecule has 0 aromatic carbocycles. The fourth-order valence-electron chi connectivity index (χ4n) is 3.72. The summed E-state index contributed by atoms with van der Waals surface area (Å²) in [5.74, 6) is 1.30. The Hall–Kier alpha value is -1.82. The summed E-state index contributed by atoms with van der Waals surface area (Å²) < 4.78 is 10.5. The molecule has 0 N–H and O–H groups in total. The normalized spacial score (nSPS) is 24.9. The van der Waals surface area contributed by atoms with E-state index >= 15 is 0 Å². The lowest BCUT2D eigenvalue weighted by Gasteiger charge is -2.38. The summed E-state index contributed by atoms with van der Waals surface area (Å²) in [6.07, 6.45) is 3.96. The first kappa shape index (κ1) is 17.0. The summed E-state index contributed by atoms with van der Waals surface area (Å²) in [6.45, 7) is 6.21. The van der Waals surface area contributed by atoms with Crippen molar-refractivity contribution in [2.45, 2.75) is 26.2 Å². The van der Waals surface area contributed by atoms with E-state index in [1.165, 1.54) is 6.26 Å². The lowest BCUT2D eigenvalue weighted by Crippen LogP contribution is -2.46. The van der Waals surface area contributed by atoms with Gasteiger partial charge in [-0.3, -0.25) is 9.59 Å². The van der Waals surface area contributed by atoms with Crippen molar-refractivity contribution in [3.8, 4) is 0 Å². The molecule has 1 aromatic rings. The molecule has 0 spiro atoms. The molecule has 2 atom stereocenters. The molecular formula is C18H26N2O4. The van der Waals surface area contributed by atoms with E-state index in [9.17, 15) is 9.59 Å². The first-order valence-corrected chi connectivity index (χ1v) is 8.87. The minimum absolute atomic E-state index is 0.0450. The molecule has 3 rings (SSSR count). The molecule has 0 aliphatic carbocycles. The van der Waals surface area contributed by atoms with Gasteiger partial charge in [0, 0.05) is 32.6 Å². The van der Waals surface area contributed by atoms with Crippen molar-refractivity contribution in [2.75, 3.05) is 39.4 Å². The van der Waals surface area contributed by atoms with E-state index in [1.54, 1.807) is 12.1 Å². The summed E-state index contributed by atoms with van der Waals surface area (Å²) in [4.78, 5) is 28.7. The number of carbonyl (C=O) groups excluding carboxylic acids is 2. The van der Waals surface area contributed by atoms with Gasteiger partial charge in [-0.15, -0.1) is 0 Å². The highest BCUT2D eigenvalue weighted by molar-refractivity contribution is 5.91. The smallest absolute Gasteiger partial charge is 0.289 e. The molecule has 2 saturated heterocycles. The second kappa shape index (κ2) is 7.83. The van der Waals surface area contributed by atoms with Gasteiger partial charge in [-0.1, -0.05) is 13.3 Å². The quantitative estimate of drug-likeness (QED) is 0.845. The minimum atomic E-state index is -0.0450. The Morgan fingerprint density at radius 3 is 2.62 bits per heavy atom. The van der Waals surface area contributed by atoms with Gasteiger partial charge in [0.25, 0.3) is 5.91 Å². The van der Waals surface area contributed by atoms with E-state index < -0.39 is 0 Å². The SMILES string of the molecule is CCC1CN(C(=O)c2ccco2)CCC1CC(=O)N1CCOCC1. The summed E-state index contributed by atoms with van der Waals surface area (Å²) in [7, 11) is 0. The van der Waals surface area contributed by atoms with Crippen LogP contribution in [-0.2, 0) is 9.53 Å². The molecule has 0 bridgehead atoms. The zero-order valence-corrected chi connectivity index (χ0v) is 14.3. The number of furan rings is 1. The number of morpholine rings is 1. The van der Waals surface area contributed by atoms with E-state index in [2.05, 4.69) is 6.92 Å². The van der Waals surface area contributed by atoms with Crippen LogP contribution in [0.1, 0.15) is 36.7 Å². The molecule has 2 fully saturated rings. The Kier molecular flexibility index (Phi) is 5.56. The van der Waals surface area contributed by atoms with Crippen LogP contribution in [0.2, 0.25) is 0 Å². The van der Waals surface area contributed by atoms with Crippen LogP contribution in [0.15, 0.2) is 22.8 Å². The van der Waals surface area contributed by atoms with Gasteiger partial charge in [-0.2, -0.15) is 0 Å². The first-order chi connectivity index (χ1) is 11.7. The molecule has 2 amide bonds. The molecular weight excluding hydrogens is 308 g/mol. The Morgan fingerprint density at radius 2 is 1.96 bits per heavy atom. The topological polar surface area (TPSA) is 63.0 Å². The maximum Gasteiger partial charge on any atom is 0.289 e. The van der Waals surface area contributed by atoms with E-state index in [0.29, 0.717) is 63.4 Å². The van der Waals surface area contributed by atoms with E-state index in [0.717, 1.165) is 12.8 Å². The minimum Gasteiger partial charge on any atom is -0.459 e. The molecule has 0 radical (unpaired) electrons. The van der Waals surface area contributed by atoms with Crippen LogP contribution in [0.25, 0.3) is 0 Å². The average Bonchev–Trinajstić information content (AvgIpc) is 3.16. The second-order valence-electron chi connectivity index (χ2n) is 6.64. The average molecular weight is 334 g/mol. The highest BCUT2D eigenvalue weighted by Gasteiger charge is 2.33. The lowest BCUT2D eigenvalue weighted by molar-refractivity contribution is -0.137. The number of ether oxygens (including phenoxy) is 1. The first-order valence-electron chi connectivity index (χ1n) is 8.87. The van der Waals surface area contributed by atoms with Gasteiger partial charge in [0.2, 0.25) is 5.91 Å². The van der Waals surface area contributed by atoms with Crippen LogP contribution in [0.4, 0.5) is 0 Å². The van der Waals surface area contributed by atoms with Crippen LogP contribution < -0.4 is 0 Å². The summed E-state index contributed by atoms with van der Waals surface area (Å²) in [5.41, 5.74) is 0. The van der Waals surface area contributed by atoms with Crippen molar-refractivity contribution in [3.63, 3.8) is 0 Å². The number of piperidine rings is 1. The van der Waals surface area contributed by atoms with Crippen molar-refractivity contribution in [1.29, 1.82) is 0 Å². The van der Waals surface area contributed by atoms with Crippen molar-refractivity contribution >= 4 is 11.8 Å². The van der Waals surface area contributed by atoms with E-state index in [1.807, 2.05) is 9.80 Å². The Labute approximate surface area is 142 Å². The Balaban J connectivity index is 1.56. The number of carbonyl (C=O) groups is 2. The Bertz CT molecular complexity index is 551. The second-order valence-corrected chi connectivity index (χ2v) is 6.64. The zero-order valence-electron chi connectivity index (χ0n) is 14.3. The third-order valence-electron chi connectivity index (χ3n) is 5.24. The van der Waals surface area contributed by atoms with E-state index in [-0.39, 0.29) is 11.8 Å². The molecule has 2 unspecified atom stereocenters. The van der Waals surface area contributed by atoms with Gasteiger partial charge in [0.15, 0.2) is 5.76 Å². The number of amides is 2. The van der Waals surface area contributed by atoms with E-state index in [4.69, 9.17) is 9.15 Å². The number of hydrogen-bond donors (Lipinski definition) is 0. The van der Waals surface area contributed by atoms with Crippen LogP contribution in [-0.4, -0.2) is 61.0 Å². The van der Waals surface area contributed by atoms with Gasteiger partial charge in [0.05, 0.1) is 19.5 Å². The molecule has 6 heteroatoms. The largest absolute Gasteiger partial charge is 0.459 e. The molecule has 132 valence electrons. The fraction of sp³-hybridized carbons (Fsp3) is 0.667. The standard InChI is InChI=1S/C18H26N2O4/c1-2-14-13-20(18(22)16-4-3-9-24-16)6-5-15(14)12-17(21)19-7-10-23-11-8-19/h3-4,9,14-15H,2,5-8,10-13H2,1H3. The van der Waals surface area contributed by atoms with Crippen molar-refractivity contribution in [3.05, 3.63) is 24.2 Å². The van der Waals surface area contributed by atoms with Crippen LogP contribution in [0, 0.1) is 11.8 Å². The van der Waals surface area contributed by atoms with Gasteiger partial charge in [-0.05, 0) is 30.4 Å². The highest BCUT2D eigenvalue weighted by Crippen LogP contribution is 2.30. The molecule has 3 heterocycles. The molecule has 2 aliphatic heterocycles. The maximum atomic E-state index is 12.5. The monoisotopic (exact) mass is 334 g/mol. The lowest BCUT2D eigenvalue weighted by atomic mass is 9.81. The number of likely N-dealkylation sites (tertiary alicyclic amines) is 1. The van der Waals surface area contributed by atoms with Crippen LogP contribution in [0.5, 0.6) is 0 Å². The van der Waals surface area contributed by atoms with Crippen molar-refractivity contribution in [2.24, 2.45) is 11.8 Å². The predicted molar refractivity (Wildman–Crippen MR) is 88.5 cm³/mol. The zero-order chi connectivity index (χ0) is 16.9. The number of nitrogens with zero attached hydrogens (tertiary/aromatic N) is 2. The van der Waals surface area contributed by atoms with Gasteiger partial charge in [-0.25, -0.2) is 0 Å². The van der Waals surface area contributed by atoms with Gasteiger partial charge >= 0.3 is 0 Å². The summed E-state index contributed by atoms with van der Waals surface area (Å²) in [6, 6.07) is 3.44.